The molecule has 0 saturated carbocycles. The summed E-state index contributed by atoms with van der Waals surface area (Å²) in [5.41, 5.74) is 7.43. The van der Waals surface area contributed by atoms with Gasteiger partial charge in [-0.25, -0.2) is 0 Å². The third kappa shape index (κ3) is 2.00. The number of nitrogens with two attached hydrogens (primary N) is 1. The number of hydrogen-bond acceptors (Lipinski definition) is 4. The van der Waals surface area contributed by atoms with E-state index in [0.29, 0.717) is 12.8 Å². The zero-order valence-corrected chi connectivity index (χ0v) is 10.2. The van der Waals surface area contributed by atoms with E-state index in [-0.39, 0.29) is 5.97 Å². The van der Waals surface area contributed by atoms with Crippen molar-refractivity contribution >= 4 is 5.97 Å². The number of fused-ring (bicyclic) bond motifs is 1. The molecule has 0 amide bonds. The van der Waals surface area contributed by atoms with E-state index >= 15 is 0 Å². The molecule has 1 aromatic carbocycles. The SMILES string of the molecule is COC(=O)C1(N)CCc2c(cccc2OC)C1. The predicted molar refractivity (Wildman–Crippen MR) is 64.0 cm³/mol. The predicted octanol–water partition coefficient (Wildman–Crippen LogP) is 1.05. The van der Waals surface area contributed by atoms with Crippen molar-refractivity contribution in [1.82, 2.24) is 0 Å². The van der Waals surface area contributed by atoms with Gasteiger partial charge in [-0.05, 0) is 30.0 Å². The summed E-state index contributed by atoms with van der Waals surface area (Å²) >= 11 is 0. The first kappa shape index (κ1) is 11.9. The number of hydrogen-bond donors (Lipinski definition) is 1. The standard InChI is InChI=1S/C13H17NO3/c1-16-11-5-3-4-9-8-13(14,12(15)17-2)7-6-10(9)11/h3-5H,6-8,14H2,1-2H3. The van der Waals surface area contributed by atoms with Crippen LogP contribution in [0.1, 0.15) is 17.5 Å². The smallest absolute Gasteiger partial charge is 0.326 e. The Morgan fingerprint density at radius 2 is 2.18 bits per heavy atom. The van der Waals surface area contributed by atoms with Gasteiger partial charge < -0.3 is 15.2 Å². The molecular formula is C13H17NO3. The monoisotopic (exact) mass is 235 g/mol. The van der Waals surface area contributed by atoms with E-state index in [0.717, 1.165) is 23.3 Å². The van der Waals surface area contributed by atoms with Crippen LogP contribution in [-0.4, -0.2) is 25.7 Å². The minimum absolute atomic E-state index is 0.342. The summed E-state index contributed by atoms with van der Waals surface area (Å²) < 4.78 is 10.1. The van der Waals surface area contributed by atoms with Crippen LogP contribution < -0.4 is 10.5 Å². The van der Waals surface area contributed by atoms with Crippen molar-refractivity contribution in [3.8, 4) is 5.75 Å². The Labute approximate surface area is 101 Å². The molecule has 0 heterocycles. The van der Waals surface area contributed by atoms with Crippen molar-refractivity contribution in [2.24, 2.45) is 5.73 Å². The van der Waals surface area contributed by atoms with Gasteiger partial charge in [0.2, 0.25) is 0 Å². The molecule has 0 radical (unpaired) electrons. The summed E-state index contributed by atoms with van der Waals surface area (Å²) in [5.74, 6) is 0.528. The lowest BCUT2D eigenvalue weighted by Gasteiger charge is -2.32. The summed E-state index contributed by atoms with van der Waals surface area (Å²) in [7, 11) is 3.03. The minimum Gasteiger partial charge on any atom is -0.496 e. The number of carbonyl (C=O) groups excluding carboxylic acids is 1. The Kier molecular flexibility index (Phi) is 3.07. The number of carbonyl (C=O) groups is 1. The molecular weight excluding hydrogens is 218 g/mol. The van der Waals surface area contributed by atoms with Crippen molar-refractivity contribution in [2.45, 2.75) is 24.8 Å². The van der Waals surface area contributed by atoms with Crippen LogP contribution in [0.4, 0.5) is 0 Å². The summed E-state index contributed by atoms with van der Waals surface area (Å²) in [6.07, 6.45) is 1.84. The van der Waals surface area contributed by atoms with Gasteiger partial charge in [-0.15, -0.1) is 0 Å². The van der Waals surface area contributed by atoms with Crippen LogP contribution in [0.3, 0.4) is 0 Å². The highest BCUT2D eigenvalue weighted by molar-refractivity contribution is 5.81. The first-order valence-electron chi connectivity index (χ1n) is 5.63. The Balaban J connectivity index is 2.34. The van der Waals surface area contributed by atoms with E-state index < -0.39 is 5.54 Å². The molecule has 0 aromatic heterocycles. The van der Waals surface area contributed by atoms with Crippen LogP contribution in [0.15, 0.2) is 18.2 Å². The summed E-state index contributed by atoms with van der Waals surface area (Å²) in [6.45, 7) is 0. The molecule has 0 saturated heterocycles. The van der Waals surface area contributed by atoms with Gasteiger partial charge in [0.25, 0.3) is 0 Å². The van der Waals surface area contributed by atoms with E-state index in [1.165, 1.54) is 7.11 Å². The Morgan fingerprint density at radius 3 is 2.82 bits per heavy atom. The van der Waals surface area contributed by atoms with Gasteiger partial charge >= 0.3 is 5.97 Å². The van der Waals surface area contributed by atoms with Gasteiger partial charge in [0, 0.05) is 6.42 Å². The molecule has 0 fully saturated rings. The van der Waals surface area contributed by atoms with Crippen LogP contribution in [0.25, 0.3) is 0 Å². The molecule has 4 heteroatoms. The third-order valence-corrected chi connectivity index (χ3v) is 3.37. The maximum absolute atomic E-state index is 11.7. The van der Waals surface area contributed by atoms with Crippen LogP contribution in [0.2, 0.25) is 0 Å². The Hall–Kier alpha value is -1.55. The van der Waals surface area contributed by atoms with E-state index in [4.69, 9.17) is 15.2 Å². The van der Waals surface area contributed by atoms with E-state index in [1.807, 2.05) is 18.2 Å². The van der Waals surface area contributed by atoms with E-state index in [2.05, 4.69) is 0 Å². The van der Waals surface area contributed by atoms with Crippen molar-refractivity contribution in [3.05, 3.63) is 29.3 Å². The van der Waals surface area contributed by atoms with Crippen molar-refractivity contribution < 1.29 is 14.3 Å². The van der Waals surface area contributed by atoms with Crippen LogP contribution in [0, 0.1) is 0 Å². The number of esters is 1. The largest absolute Gasteiger partial charge is 0.496 e. The Morgan fingerprint density at radius 1 is 1.41 bits per heavy atom. The second-order valence-electron chi connectivity index (χ2n) is 4.42. The minimum atomic E-state index is -0.895. The number of rotatable bonds is 2. The highest BCUT2D eigenvalue weighted by Gasteiger charge is 2.39. The zero-order valence-electron chi connectivity index (χ0n) is 10.2. The molecule has 0 bridgehead atoms. The van der Waals surface area contributed by atoms with Gasteiger partial charge in [0.1, 0.15) is 11.3 Å². The highest BCUT2D eigenvalue weighted by atomic mass is 16.5. The summed E-state index contributed by atoms with van der Waals surface area (Å²) in [4.78, 5) is 11.7. The van der Waals surface area contributed by atoms with Crippen LogP contribution in [-0.2, 0) is 22.4 Å². The fraction of sp³-hybridized carbons (Fsp3) is 0.462. The number of methoxy groups -OCH3 is 2. The lowest BCUT2D eigenvalue weighted by molar-refractivity contribution is -0.147. The van der Waals surface area contributed by atoms with Crippen LogP contribution >= 0.6 is 0 Å². The fourth-order valence-electron chi connectivity index (χ4n) is 2.41. The molecule has 1 aliphatic rings. The first-order chi connectivity index (χ1) is 8.10. The van der Waals surface area contributed by atoms with E-state index in [1.54, 1.807) is 7.11 Å². The van der Waals surface area contributed by atoms with Gasteiger partial charge in [-0.2, -0.15) is 0 Å². The topological polar surface area (TPSA) is 61.5 Å². The quantitative estimate of drug-likeness (QED) is 0.778. The molecule has 0 aliphatic heterocycles. The van der Waals surface area contributed by atoms with Gasteiger partial charge in [0.05, 0.1) is 14.2 Å². The van der Waals surface area contributed by atoms with Gasteiger partial charge in [0.15, 0.2) is 0 Å². The van der Waals surface area contributed by atoms with Crippen molar-refractivity contribution in [3.63, 3.8) is 0 Å². The maximum Gasteiger partial charge on any atom is 0.326 e. The third-order valence-electron chi connectivity index (χ3n) is 3.37. The molecule has 1 atom stereocenters. The molecule has 2 rings (SSSR count). The second kappa shape index (κ2) is 4.37. The zero-order chi connectivity index (χ0) is 12.5. The summed E-state index contributed by atoms with van der Waals surface area (Å²) in [5, 5.41) is 0. The molecule has 2 N–H and O–H groups in total. The van der Waals surface area contributed by atoms with Gasteiger partial charge in [-0.1, -0.05) is 12.1 Å². The normalized spacial score (nSPS) is 22.8. The van der Waals surface area contributed by atoms with E-state index in [9.17, 15) is 4.79 Å². The fourth-order valence-corrected chi connectivity index (χ4v) is 2.41. The molecule has 1 aromatic rings. The number of benzene rings is 1. The van der Waals surface area contributed by atoms with Crippen LogP contribution in [0.5, 0.6) is 5.75 Å². The average molecular weight is 235 g/mol. The lowest BCUT2D eigenvalue weighted by Crippen LogP contribution is -2.52. The summed E-state index contributed by atoms with van der Waals surface area (Å²) in [6, 6.07) is 5.84. The van der Waals surface area contributed by atoms with Crippen molar-refractivity contribution in [1.29, 1.82) is 0 Å². The van der Waals surface area contributed by atoms with Crippen molar-refractivity contribution in [2.75, 3.05) is 14.2 Å². The maximum atomic E-state index is 11.7. The van der Waals surface area contributed by atoms with Gasteiger partial charge in [-0.3, -0.25) is 4.79 Å². The molecule has 1 aliphatic carbocycles. The first-order valence-corrected chi connectivity index (χ1v) is 5.63. The number of ether oxygens (including phenoxy) is 2. The molecule has 4 nitrogen and oxygen atoms in total. The Bertz CT molecular complexity index is 444. The average Bonchev–Trinajstić information content (AvgIpc) is 2.36. The second-order valence-corrected chi connectivity index (χ2v) is 4.42. The molecule has 1 unspecified atom stereocenters. The lowest BCUT2D eigenvalue weighted by atomic mass is 9.78. The molecule has 0 spiro atoms. The highest BCUT2D eigenvalue weighted by Crippen LogP contribution is 2.33. The molecule has 17 heavy (non-hydrogen) atoms. The molecule has 92 valence electrons.